The standard InChI is InChI=1S/C33H25N3O2S2/c1-23-12-14-25(15-13-23)21-38-28-18-16-24(17-19-28)20-30-31(37)36(27-10-6-3-7-11-27)33(40-30)35-32-34-29(22-39-32)26-8-4-2-5-9-26/h2-20,22H,21H2,1H3/b30-20-,35-33+. The van der Waals surface area contributed by atoms with Gasteiger partial charge in [0.2, 0.25) is 5.13 Å². The summed E-state index contributed by atoms with van der Waals surface area (Å²) in [6.45, 7) is 2.57. The molecule has 1 amide bonds. The number of amides is 1. The summed E-state index contributed by atoms with van der Waals surface area (Å²) in [7, 11) is 0. The molecule has 1 aromatic heterocycles. The van der Waals surface area contributed by atoms with E-state index < -0.39 is 0 Å². The molecular weight excluding hydrogens is 535 g/mol. The van der Waals surface area contributed by atoms with E-state index in [9.17, 15) is 4.79 Å². The first-order valence-corrected chi connectivity index (χ1v) is 14.5. The van der Waals surface area contributed by atoms with E-state index in [1.807, 2.05) is 96.4 Å². The maximum atomic E-state index is 13.6. The second-order valence-electron chi connectivity index (χ2n) is 9.21. The van der Waals surface area contributed by atoms with Gasteiger partial charge in [-0.05, 0) is 60.2 Å². The van der Waals surface area contributed by atoms with E-state index in [0.717, 1.165) is 33.8 Å². The Morgan fingerprint density at radius 2 is 1.57 bits per heavy atom. The van der Waals surface area contributed by atoms with Gasteiger partial charge in [0.05, 0.1) is 16.3 Å². The Bertz CT molecular complexity index is 1680. The Morgan fingerprint density at radius 1 is 0.875 bits per heavy atom. The molecule has 4 aromatic carbocycles. The Morgan fingerprint density at radius 3 is 2.30 bits per heavy atom. The molecule has 0 aliphatic carbocycles. The largest absolute Gasteiger partial charge is 0.489 e. The van der Waals surface area contributed by atoms with Gasteiger partial charge in [-0.15, -0.1) is 11.3 Å². The van der Waals surface area contributed by atoms with E-state index >= 15 is 0 Å². The van der Waals surface area contributed by atoms with Crippen LogP contribution in [0.25, 0.3) is 17.3 Å². The van der Waals surface area contributed by atoms with Crippen LogP contribution < -0.4 is 9.64 Å². The number of hydrogen-bond acceptors (Lipinski definition) is 6. The van der Waals surface area contributed by atoms with Gasteiger partial charge in [0.1, 0.15) is 12.4 Å². The number of anilines is 1. The van der Waals surface area contributed by atoms with Crippen LogP contribution in [0.4, 0.5) is 10.8 Å². The average molecular weight is 560 g/mol. The van der Waals surface area contributed by atoms with Gasteiger partial charge in [-0.1, -0.05) is 90.5 Å². The third-order valence-electron chi connectivity index (χ3n) is 6.28. The van der Waals surface area contributed by atoms with E-state index in [-0.39, 0.29) is 5.91 Å². The molecule has 0 N–H and O–H groups in total. The van der Waals surface area contributed by atoms with Crippen molar-refractivity contribution in [3.63, 3.8) is 0 Å². The van der Waals surface area contributed by atoms with Crippen molar-refractivity contribution in [2.75, 3.05) is 4.90 Å². The highest BCUT2D eigenvalue weighted by molar-refractivity contribution is 8.19. The Labute approximate surface area is 241 Å². The van der Waals surface area contributed by atoms with Crippen LogP contribution in [0.15, 0.2) is 124 Å². The summed E-state index contributed by atoms with van der Waals surface area (Å²) in [5.74, 6) is 0.661. The van der Waals surface area contributed by atoms with Gasteiger partial charge in [0.15, 0.2) is 5.17 Å². The SMILES string of the molecule is Cc1ccc(COc2ccc(/C=C3\S/C(=N/c4nc(-c5ccccc5)cs4)N(c4ccccc4)C3=O)cc2)cc1. The maximum Gasteiger partial charge on any atom is 0.271 e. The molecule has 0 spiro atoms. The Balaban J connectivity index is 1.24. The van der Waals surface area contributed by atoms with Gasteiger partial charge >= 0.3 is 0 Å². The number of rotatable bonds is 7. The highest BCUT2D eigenvalue weighted by Gasteiger charge is 2.35. The molecule has 0 unspecified atom stereocenters. The number of hydrogen-bond donors (Lipinski definition) is 0. The van der Waals surface area contributed by atoms with Gasteiger partial charge in [-0.25, -0.2) is 4.98 Å². The lowest BCUT2D eigenvalue weighted by Crippen LogP contribution is -2.28. The normalized spacial score (nSPS) is 15.2. The smallest absolute Gasteiger partial charge is 0.271 e. The number of aliphatic imine (C=N–C) groups is 1. The van der Waals surface area contributed by atoms with E-state index in [0.29, 0.717) is 21.8 Å². The van der Waals surface area contributed by atoms with E-state index in [4.69, 9.17) is 14.7 Å². The highest BCUT2D eigenvalue weighted by Crippen LogP contribution is 2.38. The zero-order chi connectivity index (χ0) is 27.3. The molecule has 0 radical (unpaired) electrons. The van der Waals surface area contributed by atoms with Gasteiger partial charge in [0, 0.05) is 10.9 Å². The monoisotopic (exact) mass is 559 g/mol. The number of ether oxygens (including phenoxy) is 1. The zero-order valence-corrected chi connectivity index (χ0v) is 23.4. The minimum atomic E-state index is -0.116. The van der Waals surface area contributed by atoms with Crippen LogP contribution in [0.2, 0.25) is 0 Å². The van der Waals surface area contributed by atoms with Gasteiger partial charge in [-0.2, -0.15) is 4.99 Å². The fourth-order valence-corrected chi connectivity index (χ4v) is 5.89. The van der Waals surface area contributed by atoms with Crippen molar-refractivity contribution in [1.82, 2.24) is 4.98 Å². The quantitative estimate of drug-likeness (QED) is 0.188. The predicted molar refractivity (Wildman–Crippen MR) is 166 cm³/mol. The predicted octanol–water partition coefficient (Wildman–Crippen LogP) is 8.51. The molecule has 40 heavy (non-hydrogen) atoms. The number of carbonyl (C=O) groups is 1. The molecule has 5 nitrogen and oxygen atoms in total. The molecule has 0 saturated carbocycles. The topological polar surface area (TPSA) is 54.8 Å². The summed E-state index contributed by atoms with van der Waals surface area (Å²) in [6, 6.07) is 35.7. The Hall–Kier alpha value is -4.46. The fraction of sp³-hybridized carbons (Fsp3) is 0.0606. The average Bonchev–Trinajstić information content (AvgIpc) is 3.58. The third-order valence-corrected chi connectivity index (χ3v) is 7.98. The minimum Gasteiger partial charge on any atom is -0.489 e. The number of amidine groups is 1. The third kappa shape index (κ3) is 5.91. The van der Waals surface area contributed by atoms with Crippen molar-refractivity contribution < 1.29 is 9.53 Å². The van der Waals surface area contributed by atoms with Crippen LogP contribution in [0.3, 0.4) is 0 Å². The molecule has 5 aromatic rings. The second kappa shape index (κ2) is 11.7. The molecule has 196 valence electrons. The summed E-state index contributed by atoms with van der Waals surface area (Å²) >= 11 is 2.81. The summed E-state index contributed by atoms with van der Waals surface area (Å²) in [5.41, 5.74) is 5.92. The lowest BCUT2D eigenvalue weighted by molar-refractivity contribution is -0.113. The number of benzene rings is 4. The van der Waals surface area contributed by atoms with E-state index in [1.54, 1.807) is 4.90 Å². The number of nitrogens with zero attached hydrogens (tertiary/aromatic N) is 3. The van der Waals surface area contributed by atoms with Gasteiger partial charge in [0.25, 0.3) is 5.91 Å². The van der Waals surface area contributed by atoms with Crippen molar-refractivity contribution in [2.45, 2.75) is 13.5 Å². The lowest BCUT2D eigenvalue weighted by Gasteiger charge is -2.14. The fourth-order valence-electron chi connectivity index (χ4n) is 4.16. The molecule has 7 heteroatoms. The van der Waals surface area contributed by atoms with Crippen molar-refractivity contribution in [1.29, 1.82) is 0 Å². The highest BCUT2D eigenvalue weighted by atomic mass is 32.2. The molecular formula is C33H25N3O2S2. The number of aryl methyl sites for hydroxylation is 1. The summed E-state index contributed by atoms with van der Waals surface area (Å²) < 4.78 is 5.94. The number of aromatic nitrogens is 1. The lowest BCUT2D eigenvalue weighted by atomic mass is 10.1. The summed E-state index contributed by atoms with van der Waals surface area (Å²) in [5, 5.41) is 3.17. The van der Waals surface area contributed by atoms with Crippen LogP contribution >= 0.6 is 23.1 Å². The number of para-hydroxylation sites is 1. The molecule has 1 aliphatic rings. The van der Waals surface area contributed by atoms with Crippen molar-refractivity contribution in [2.24, 2.45) is 4.99 Å². The maximum absolute atomic E-state index is 13.6. The molecule has 0 atom stereocenters. The molecule has 1 aliphatic heterocycles. The second-order valence-corrected chi connectivity index (χ2v) is 11.1. The first-order valence-electron chi connectivity index (χ1n) is 12.8. The number of thioether (sulfide) groups is 1. The first kappa shape index (κ1) is 25.8. The van der Waals surface area contributed by atoms with Gasteiger partial charge < -0.3 is 4.74 Å². The number of carbonyl (C=O) groups excluding carboxylic acids is 1. The summed E-state index contributed by atoms with van der Waals surface area (Å²) in [6.07, 6.45) is 1.90. The van der Waals surface area contributed by atoms with E-state index in [1.165, 1.54) is 28.7 Å². The van der Waals surface area contributed by atoms with Crippen molar-refractivity contribution >= 4 is 51.1 Å². The van der Waals surface area contributed by atoms with E-state index in [2.05, 4.69) is 31.2 Å². The zero-order valence-electron chi connectivity index (χ0n) is 21.7. The number of thiazole rings is 1. The van der Waals surface area contributed by atoms with Crippen LogP contribution in [-0.2, 0) is 11.4 Å². The summed E-state index contributed by atoms with van der Waals surface area (Å²) in [4.78, 5) is 25.4. The first-order chi connectivity index (χ1) is 19.6. The van der Waals surface area contributed by atoms with Crippen LogP contribution in [-0.4, -0.2) is 16.1 Å². The Kier molecular flexibility index (Phi) is 7.57. The van der Waals surface area contributed by atoms with Crippen LogP contribution in [0.5, 0.6) is 5.75 Å². The minimum absolute atomic E-state index is 0.116. The molecule has 0 bridgehead atoms. The van der Waals surface area contributed by atoms with Crippen LogP contribution in [0, 0.1) is 6.92 Å². The van der Waals surface area contributed by atoms with Crippen molar-refractivity contribution in [3.05, 3.63) is 136 Å². The molecule has 1 fully saturated rings. The van der Waals surface area contributed by atoms with Crippen molar-refractivity contribution in [3.8, 4) is 17.0 Å². The van der Waals surface area contributed by atoms with Crippen LogP contribution in [0.1, 0.15) is 16.7 Å². The molecule has 2 heterocycles. The molecule has 1 saturated heterocycles. The van der Waals surface area contributed by atoms with Gasteiger partial charge in [-0.3, -0.25) is 9.69 Å². The molecule has 6 rings (SSSR count).